The molecule has 0 atom stereocenters. The summed E-state index contributed by atoms with van der Waals surface area (Å²) in [5.41, 5.74) is 10.8. The predicted molar refractivity (Wildman–Crippen MR) is 112 cm³/mol. The normalized spacial score (nSPS) is 12.4. The molecule has 4 N–H and O–H groups in total. The third kappa shape index (κ3) is 4.30. The number of ketones is 1. The second kappa shape index (κ2) is 8.20. The lowest BCUT2D eigenvalue weighted by Gasteiger charge is -2.09. The molecular formula is C22H21N5O2. The molecular weight excluding hydrogens is 366 g/mol. The number of benzene rings is 2. The largest absolute Gasteiger partial charge is 0.396 e. The van der Waals surface area contributed by atoms with Crippen LogP contribution in [0.4, 0.5) is 17.5 Å². The fraction of sp³-hybridized carbons (Fsp3) is 0.182. The Labute approximate surface area is 168 Å². The van der Waals surface area contributed by atoms with Crippen molar-refractivity contribution in [3.63, 3.8) is 0 Å². The zero-order chi connectivity index (χ0) is 20.2. The van der Waals surface area contributed by atoms with Gasteiger partial charge in [0.1, 0.15) is 11.5 Å². The van der Waals surface area contributed by atoms with Gasteiger partial charge in [0.25, 0.3) is 0 Å². The Morgan fingerprint density at radius 1 is 1.10 bits per heavy atom. The lowest BCUT2D eigenvalue weighted by Crippen LogP contribution is -2.16. The highest BCUT2D eigenvalue weighted by molar-refractivity contribution is 6.47. The molecule has 1 aliphatic heterocycles. The average Bonchev–Trinajstić information content (AvgIpc) is 3.13. The molecule has 2 aromatic carbocycles. The molecule has 7 heteroatoms. The van der Waals surface area contributed by atoms with Crippen molar-refractivity contribution >= 4 is 28.9 Å². The van der Waals surface area contributed by atoms with Crippen molar-refractivity contribution in [2.75, 3.05) is 17.7 Å². The summed E-state index contributed by atoms with van der Waals surface area (Å²) in [5, 5.41) is 12.2. The van der Waals surface area contributed by atoms with Crippen molar-refractivity contribution in [1.82, 2.24) is 9.97 Å². The van der Waals surface area contributed by atoms with Crippen LogP contribution in [-0.4, -0.2) is 33.2 Å². The number of nitrogens with one attached hydrogen (secondary N) is 1. The molecule has 7 nitrogen and oxygen atoms in total. The van der Waals surface area contributed by atoms with Crippen molar-refractivity contribution in [3.8, 4) is 0 Å². The predicted octanol–water partition coefficient (Wildman–Crippen LogP) is 2.45. The summed E-state index contributed by atoms with van der Waals surface area (Å²) in [4.78, 5) is 25.4. The maximum atomic E-state index is 12.9. The van der Waals surface area contributed by atoms with Gasteiger partial charge in [0, 0.05) is 30.5 Å². The molecule has 1 aliphatic rings. The maximum absolute atomic E-state index is 12.9. The summed E-state index contributed by atoms with van der Waals surface area (Å²) in [5.74, 6) is 0.768. The van der Waals surface area contributed by atoms with Gasteiger partial charge in [-0.2, -0.15) is 4.98 Å². The summed E-state index contributed by atoms with van der Waals surface area (Å²) < 4.78 is 0. The second-order valence-electron chi connectivity index (χ2n) is 6.85. The van der Waals surface area contributed by atoms with Gasteiger partial charge in [-0.1, -0.05) is 30.3 Å². The topological polar surface area (TPSA) is 113 Å². The molecule has 2 heterocycles. The van der Waals surface area contributed by atoms with Crippen LogP contribution in [0.2, 0.25) is 0 Å². The van der Waals surface area contributed by atoms with Crippen LogP contribution in [0.25, 0.3) is 0 Å². The highest BCUT2D eigenvalue weighted by Crippen LogP contribution is 2.25. The molecule has 0 saturated heterocycles. The Morgan fingerprint density at radius 2 is 1.90 bits per heavy atom. The average molecular weight is 387 g/mol. The number of aromatic nitrogens is 2. The number of carbonyl (C=O) groups excluding carboxylic acids is 1. The van der Waals surface area contributed by atoms with E-state index in [-0.39, 0.29) is 24.8 Å². The number of nitrogens with zero attached hydrogens (tertiary/aromatic N) is 3. The van der Waals surface area contributed by atoms with E-state index in [1.807, 2.05) is 42.5 Å². The first kappa shape index (κ1) is 18.8. The number of fused-ring (bicyclic) bond motifs is 1. The summed E-state index contributed by atoms with van der Waals surface area (Å²) in [6.07, 6.45) is 2.49. The molecule has 1 aromatic heterocycles. The highest BCUT2D eigenvalue weighted by atomic mass is 16.3. The number of aliphatic imine (C=N–C) groups is 1. The van der Waals surface area contributed by atoms with Gasteiger partial charge in [0.15, 0.2) is 5.78 Å². The zero-order valence-electron chi connectivity index (χ0n) is 15.8. The highest BCUT2D eigenvalue weighted by Gasteiger charge is 2.22. The Kier molecular flexibility index (Phi) is 5.31. The van der Waals surface area contributed by atoms with Crippen molar-refractivity contribution in [3.05, 3.63) is 77.0 Å². The number of nitrogen functional groups attached to an aromatic ring is 1. The zero-order valence-corrected chi connectivity index (χ0v) is 15.8. The fourth-order valence-electron chi connectivity index (χ4n) is 3.31. The van der Waals surface area contributed by atoms with E-state index in [0.717, 1.165) is 27.9 Å². The standard InChI is InChI=1S/C22H21N5O2/c23-22-24-9-7-20(27-22)26-17-6-5-16-13-25-21(18(16)12-17)19(29)11-15-3-1-14(2-4-15)8-10-28/h1-7,9,12,28H,8,10-11,13H2,(H3,23,24,26,27). The SMILES string of the molecule is Nc1nccc(Nc2ccc3c(c2)C(C(=O)Cc2ccc(CCO)cc2)=NC3)n1. The van der Waals surface area contributed by atoms with Gasteiger partial charge in [-0.25, -0.2) is 4.98 Å². The summed E-state index contributed by atoms with van der Waals surface area (Å²) >= 11 is 0. The van der Waals surface area contributed by atoms with Gasteiger partial charge in [-0.3, -0.25) is 9.79 Å². The van der Waals surface area contributed by atoms with Crippen LogP contribution in [0, 0.1) is 0 Å². The van der Waals surface area contributed by atoms with Crippen LogP contribution in [0.3, 0.4) is 0 Å². The Morgan fingerprint density at radius 3 is 2.66 bits per heavy atom. The first-order valence-electron chi connectivity index (χ1n) is 9.37. The number of Topliss-reactive ketones (excluding diaryl/α,β-unsaturated/α-hetero) is 1. The summed E-state index contributed by atoms with van der Waals surface area (Å²) in [6.45, 7) is 0.621. The van der Waals surface area contributed by atoms with E-state index < -0.39 is 0 Å². The number of rotatable bonds is 7. The number of aliphatic hydroxyl groups is 1. The van der Waals surface area contributed by atoms with Crippen molar-refractivity contribution in [1.29, 1.82) is 0 Å². The second-order valence-corrected chi connectivity index (χ2v) is 6.85. The lowest BCUT2D eigenvalue weighted by atomic mass is 9.98. The Hall–Kier alpha value is -3.58. The van der Waals surface area contributed by atoms with E-state index in [2.05, 4.69) is 20.3 Å². The summed E-state index contributed by atoms with van der Waals surface area (Å²) in [6, 6.07) is 15.3. The van der Waals surface area contributed by atoms with E-state index in [1.165, 1.54) is 0 Å². The number of hydrogen-bond acceptors (Lipinski definition) is 7. The van der Waals surface area contributed by atoms with E-state index in [1.54, 1.807) is 12.3 Å². The molecule has 0 spiro atoms. The number of aliphatic hydroxyl groups excluding tert-OH is 1. The third-order valence-corrected chi connectivity index (χ3v) is 4.77. The summed E-state index contributed by atoms with van der Waals surface area (Å²) in [7, 11) is 0. The van der Waals surface area contributed by atoms with Gasteiger partial charge in [-0.05, 0) is 41.3 Å². The van der Waals surface area contributed by atoms with E-state index in [9.17, 15) is 4.79 Å². The maximum Gasteiger partial charge on any atom is 0.221 e. The monoisotopic (exact) mass is 387 g/mol. The van der Waals surface area contributed by atoms with Gasteiger partial charge in [0.05, 0.1) is 6.54 Å². The van der Waals surface area contributed by atoms with E-state index in [0.29, 0.717) is 24.5 Å². The van der Waals surface area contributed by atoms with Crippen LogP contribution in [0.5, 0.6) is 0 Å². The molecule has 0 aliphatic carbocycles. The smallest absolute Gasteiger partial charge is 0.221 e. The van der Waals surface area contributed by atoms with Gasteiger partial charge < -0.3 is 16.2 Å². The number of hydrogen-bond donors (Lipinski definition) is 3. The van der Waals surface area contributed by atoms with Gasteiger partial charge >= 0.3 is 0 Å². The molecule has 0 amide bonds. The van der Waals surface area contributed by atoms with Crippen LogP contribution >= 0.6 is 0 Å². The fourth-order valence-corrected chi connectivity index (χ4v) is 3.31. The number of anilines is 3. The molecule has 4 rings (SSSR count). The molecule has 146 valence electrons. The molecule has 0 saturated carbocycles. The molecule has 0 fully saturated rings. The Bertz CT molecular complexity index is 1080. The van der Waals surface area contributed by atoms with Crippen LogP contribution in [0.15, 0.2) is 59.7 Å². The van der Waals surface area contributed by atoms with Crippen molar-refractivity contribution in [2.45, 2.75) is 19.4 Å². The molecule has 0 unspecified atom stereocenters. The Balaban J connectivity index is 1.50. The van der Waals surface area contributed by atoms with Crippen molar-refractivity contribution in [2.24, 2.45) is 4.99 Å². The van der Waals surface area contributed by atoms with Crippen molar-refractivity contribution < 1.29 is 9.90 Å². The first-order valence-corrected chi connectivity index (χ1v) is 9.37. The van der Waals surface area contributed by atoms with Crippen LogP contribution in [-0.2, 0) is 24.2 Å². The number of carbonyl (C=O) groups is 1. The lowest BCUT2D eigenvalue weighted by molar-refractivity contribution is -0.112. The molecule has 3 aromatic rings. The third-order valence-electron chi connectivity index (χ3n) is 4.77. The number of nitrogens with two attached hydrogens (primary N) is 1. The molecule has 29 heavy (non-hydrogen) atoms. The minimum absolute atomic E-state index is 0.0120. The minimum Gasteiger partial charge on any atom is -0.396 e. The van der Waals surface area contributed by atoms with Crippen LogP contribution < -0.4 is 11.1 Å². The van der Waals surface area contributed by atoms with Gasteiger partial charge in [-0.15, -0.1) is 0 Å². The van der Waals surface area contributed by atoms with Gasteiger partial charge in [0.2, 0.25) is 5.95 Å². The minimum atomic E-state index is -0.0120. The quantitative estimate of drug-likeness (QED) is 0.574. The van der Waals surface area contributed by atoms with E-state index >= 15 is 0 Å². The first-order chi connectivity index (χ1) is 14.1. The molecule has 0 bridgehead atoms. The molecule has 0 radical (unpaired) electrons. The van der Waals surface area contributed by atoms with E-state index in [4.69, 9.17) is 10.8 Å². The van der Waals surface area contributed by atoms with Crippen LogP contribution in [0.1, 0.15) is 22.3 Å².